The van der Waals surface area contributed by atoms with Gasteiger partial charge in [-0.1, -0.05) is 0 Å². The number of hydrogen-bond donors (Lipinski definition) is 2. The molecule has 2 aromatic rings. The number of nitrogens with one attached hydrogen (secondary N) is 1. The van der Waals surface area contributed by atoms with E-state index in [4.69, 9.17) is 10.5 Å². The zero-order valence-corrected chi connectivity index (χ0v) is 9.12. The van der Waals surface area contributed by atoms with Gasteiger partial charge < -0.3 is 10.5 Å². The molecule has 0 aliphatic carbocycles. The second kappa shape index (κ2) is 3.06. The quantitative estimate of drug-likeness (QED) is 0.621. The van der Waals surface area contributed by atoms with Crippen molar-refractivity contribution in [1.29, 1.82) is 0 Å². The van der Waals surface area contributed by atoms with Crippen LogP contribution in [0.4, 0.5) is 5.69 Å². The molecular formula is C8H8IN3O. The number of fused-ring (bicyclic) bond motifs is 1. The summed E-state index contributed by atoms with van der Waals surface area (Å²) in [5.74, 6) is 0.730. The number of halogens is 1. The molecule has 5 heteroatoms. The van der Waals surface area contributed by atoms with E-state index in [-0.39, 0.29) is 0 Å². The summed E-state index contributed by atoms with van der Waals surface area (Å²) in [4.78, 5) is 0. The van der Waals surface area contributed by atoms with Gasteiger partial charge in [-0.25, -0.2) is 0 Å². The van der Waals surface area contributed by atoms with E-state index >= 15 is 0 Å². The summed E-state index contributed by atoms with van der Waals surface area (Å²) in [6.45, 7) is 0. The first kappa shape index (κ1) is 8.61. The highest BCUT2D eigenvalue weighted by Gasteiger charge is 2.07. The fourth-order valence-electron chi connectivity index (χ4n) is 1.23. The number of aromatic amines is 1. The highest BCUT2D eigenvalue weighted by atomic mass is 127. The number of hydrogen-bond acceptors (Lipinski definition) is 3. The van der Waals surface area contributed by atoms with Gasteiger partial charge in [-0.05, 0) is 22.6 Å². The Morgan fingerprint density at radius 2 is 2.31 bits per heavy atom. The number of nitrogens with two attached hydrogens (primary N) is 1. The van der Waals surface area contributed by atoms with Gasteiger partial charge in [0.2, 0.25) is 0 Å². The molecule has 1 aromatic heterocycles. The van der Waals surface area contributed by atoms with Crippen molar-refractivity contribution >= 4 is 39.2 Å². The van der Waals surface area contributed by atoms with Crippen molar-refractivity contribution in [2.24, 2.45) is 0 Å². The summed E-state index contributed by atoms with van der Waals surface area (Å²) in [5.41, 5.74) is 7.36. The van der Waals surface area contributed by atoms with Gasteiger partial charge in [0.1, 0.15) is 9.45 Å². The Hall–Kier alpha value is -0.980. The lowest BCUT2D eigenvalue weighted by Crippen LogP contribution is -1.89. The SMILES string of the molecule is COc1cc(N)c2c(I)[nH]nc2c1. The Kier molecular flexibility index (Phi) is 2.03. The molecule has 0 bridgehead atoms. The molecule has 0 atom stereocenters. The first-order valence-electron chi connectivity index (χ1n) is 3.69. The van der Waals surface area contributed by atoms with E-state index in [0.29, 0.717) is 5.69 Å². The first-order valence-corrected chi connectivity index (χ1v) is 4.77. The Bertz CT molecular complexity index is 452. The normalized spacial score (nSPS) is 10.6. The molecular weight excluding hydrogens is 281 g/mol. The van der Waals surface area contributed by atoms with E-state index in [1.54, 1.807) is 13.2 Å². The maximum Gasteiger partial charge on any atom is 0.123 e. The molecule has 1 heterocycles. The fourth-order valence-corrected chi connectivity index (χ4v) is 1.94. The molecule has 68 valence electrons. The zero-order chi connectivity index (χ0) is 9.42. The lowest BCUT2D eigenvalue weighted by Gasteiger charge is -2.01. The predicted octanol–water partition coefficient (Wildman–Crippen LogP) is 1.76. The van der Waals surface area contributed by atoms with Crippen molar-refractivity contribution in [2.75, 3.05) is 12.8 Å². The molecule has 0 amide bonds. The topological polar surface area (TPSA) is 63.9 Å². The smallest absolute Gasteiger partial charge is 0.123 e. The standard InChI is InChI=1S/C8H8IN3O/c1-13-4-2-5(10)7-6(3-4)11-12-8(7)9/h2-3H,10H2,1H3,(H,11,12). The van der Waals surface area contributed by atoms with Gasteiger partial charge in [-0.15, -0.1) is 0 Å². The molecule has 4 nitrogen and oxygen atoms in total. The van der Waals surface area contributed by atoms with E-state index < -0.39 is 0 Å². The summed E-state index contributed by atoms with van der Waals surface area (Å²) >= 11 is 2.16. The molecule has 0 saturated carbocycles. The molecule has 0 aliphatic heterocycles. The lowest BCUT2D eigenvalue weighted by atomic mass is 10.2. The van der Waals surface area contributed by atoms with Crippen LogP contribution in [-0.2, 0) is 0 Å². The average molecular weight is 289 g/mol. The summed E-state index contributed by atoms with van der Waals surface area (Å²) in [6, 6.07) is 3.64. The van der Waals surface area contributed by atoms with E-state index in [2.05, 4.69) is 32.8 Å². The molecule has 3 N–H and O–H groups in total. The Morgan fingerprint density at radius 1 is 1.54 bits per heavy atom. The number of ether oxygens (including phenoxy) is 1. The van der Waals surface area contributed by atoms with Crippen LogP contribution in [-0.4, -0.2) is 17.3 Å². The van der Waals surface area contributed by atoms with Crippen molar-refractivity contribution in [1.82, 2.24) is 10.2 Å². The monoisotopic (exact) mass is 289 g/mol. The van der Waals surface area contributed by atoms with Crippen LogP contribution < -0.4 is 10.5 Å². The second-order valence-electron chi connectivity index (χ2n) is 2.65. The molecule has 0 fully saturated rings. The van der Waals surface area contributed by atoms with Gasteiger partial charge in [0.05, 0.1) is 18.0 Å². The van der Waals surface area contributed by atoms with Gasteiger partial charge in [0, 0.05) is 17.8 Å². The predicted molar refractivity (Wildman–Crippen MR) is 59.8 cm³/mol. The third-order valence-electron chi connectivity index (χ3n) is 1.85. The van der Waals surface area contributed by atoms with Crippen molar-refractivity contribution < 1.29 is 4.74 Å². The summed E-state index contributed by atoms with van der Waals surface area (Å²) in [6.07, 6.45) is 0. The Labute approximate surface area is 88.6 Å². The highest BCUT2D eigenvalue weighted by Crippen LogP contribution is 2.28. The van der Waals surface area contributed by atoms with E-state index in [1.165, 1.54) is 0 Å². The number of methoxy groups -OCH3 is 1. The second-order valence-corrected chi connectivity index (χ2v) is 3.73. The maximum absolute atomic E-state index is 5.83. The minimum absolute atomic E-state index is 0.688. The summed E-state index contributed by atoms with van der Waals surface area (Å²) in [5, 5.41) is 7.92. The van der Waals surface area contributed by atoms with Crippen LogP contribution in [0.25, 0.3) is 10.9 Å². The third-order valence-corrected chi connectivity index (χ3v) is 2.63. The van der Waals surface area contributed by atoms with Gasteiger partial charge >= 0.3 is 0 Å². The Morgan fingerprint density at radius 3 is 3.00 bits per heavy atom. The van der Waals surface area contributed by atoms with Gasteiger partial charge in [0.25, 0.3) is 0 Å². The summed E-state index contributed by atoms with van der Waals surface area (Å²) < 4.78 is 6.03. The highest BCUT2D eigenvalue weighted by molar-refractivity contribution is 14.1. The molecule has 0 spiro atoms. The molecule has 1 aromatic carbocycles. The van der Waals surface area contributed by atoms with Crippen LogP contribution in [0, 0.1) is 3.70 Å². The molecule has 0 unspecified atom stereocenters. The Balaban J connectivity index is 2.79. The number of rotatable bonds is 1. The van der Waals surface area contributed by atoms with Gasteiger partial charge in [-0.2, -0.15) is 5.10 Å². The summed E-state index contributed by atoms with van der Waals surface area (Å²) in [7, 11) is 1.61. The van der Waals surface area contributed by atoms with Crippen molar-refractivity contribution in [3.63, 3.8) is 0 Å². The maximum atomic E-state index is 5.83. The molecule has 13 heavy (non-hydrogen) atoms. The number of nitrogen functional groups attached to an aromatic ring is 1. The fraction of sp³-hybridized carbons (Fsp3) is 0.125. The van der Waals surface area contributed by atoms with Crippen LogP contribution in [0.2, 0.25) is 0 Å². The minimum Gasteiger partial charge on any atom is -0.497 e. The largest absolute Gasteiger partial charge is 0.497 e. The van der Waals surface area contributed by atoms with Crippen LogP contribution >= 0.6 is 22.6 Å². The number of benzene rings is 1. The minimum atomic E-state index is 0.688. The molecule has 0 saturated heterocycles. The van der Waals surface area contributed by atoms with E-state index in [1.807, 2.05) is 6.07 Å². The number of nitrogens with zero attached hydrogens (tertiary/aromatic N) is 1. The number of aromatic nitrogens is 2. The van der Waals surface area contributed by atoms with Crippen molar-refractivity contribution in [2.45, 2.75) is 0 Å². The molecule has 0 aliphatic rings. The number of H-pyrrole nitrogens is 1. The van der Waals surface area contributed by atoms with Gasteiger partial charge in [-0.3, -0.25) is 5.10 Å². The van der Waals surface area contributed by atoms with E-state index in [0.717, 1.165) is 20.4 Å². The van der Waals surface area contributed by atoms with Crippen LogP contribution in [0.15, 0.2) is 12.1 Å². The number of anilines is 1. The average Bonchev–Trinajstić information content (AvgIpc) is 2.48. The molecule has 0 radical (unpaired) electrons. The molecule has 2 rings (SSSR count). The third kappa shape index (κ3) is 1.32. The van der Waals surface area contributed by atoms with E-state index in [9.17, 15) is 0 Å². The van der Waals surface area contributed by atoms with Crippen molar-refractivity contribution in [3.8, 4) is 5.75 Å². The van der Waals surface area contributed by atoms with Gasteiger partial charge in [0.15, 0.2) is 0 Å². The van der Waals surface area contributed by atoms with Crippen LogP contribution in [0.5, 0.6) is 5.75 Å². The lowest BCUT2D eigenvalue weighted by molar-refractivity contribution is 0.415. The van der Waals surface area contributed by atoms with Crippen LogP contribution in [0.3, 0.4) is 0 Å². The first-order chi connectivity index (χ1) is 6.22. The van der Waals surface area contributed by atoms with Crippen LogP contribution in [0.1, 0.15) is 0 Å². The zero-order valence-electron chi connectivity index (χ0n) is 6.97. The van der Waals surface area contributed by atoms with Crippen molar-refractivity contribution in [3.05, 3.63) is 15.8 Å².